The molecule has 0 bridgehead atoms. The predicted octanol–water partition coefficient (Wildman–Crippen LogP) is 3.40. The summed E-state index contributed by atoms with van der Waals surface area (Å²) in [5, 5.41) is 4.31. The first-order valence-corrected chi connectivity index (χ1v) is 8.43. The summed E-state index contributed by atoms with van der Waals surface area (Å²) < 4.78 is 11.3. The minimum atomic E-state index is 0.236. The molecule has 1 unspecified atom stereocenters. The second-order valence-electron chi connectivity index (χ2n) is 5.87. The van der Waals surface area contributed by atoms with E-state index in [0.717, 1.165) is 55.9 Å². The Morgan fingerprint density at radius 1 is 1.13 bits per heavy atom. The Morgan fingerprint density at radius 2 is 1.87 bits per heavy atom. The summed E-state index contributed by atoms with van der Waals surface area (Å²) in [6.07, 6.45) is 0. The van der Waals surface area contributed by atoms with Crippen LogP contribution in [0.4, 0.5) is 0 Å². The molecule has 1 atom stereocenters. The first-order chi connectivity index (χ1) is 11.2. The zero-order valence-corrected chi connectivity index (χ0v) is 14.2. The second-order valence-corrected chi connectivity index (χ2v) is 6.31. The van der Waals surface area contributed by atoms with E-state index in [2.05, 4.69) is 28.4 Å². The van der Waals surface area contributed by atoms with Gasteiger partial charge in [-0.25, -0.2) is 0 Å². The van der Waals surface area contributed by atoms with Gasteiger partial charge in [-0.15, -0.1) is 0 Å². The molecule has 1 N–H and O–H groups in total. The molecule has 2 heterocycles. The van der Waals surface area contributed by atoms with Gasteiger partial charge in [-0.3, -0.25) is 4.90 Å². The molecule has 1 saturated heterocycles. The van der Waals surface area contributed by atoms with E-state index in [1.54, 1.807) is 0 Å². The Labute approximate surface area is 142 Å². The highest BCUT2D eigenvalue weighted by Gasteiger charge is 2.24. The van der Waals surface area contributed by atoms with Crippen LogP contribution in [0.5, 0.6) is 0 Å². The highest BCUT2D eigenvalue weighted by molar-refractivity contribution is 6.30. The van der Waals surface area contributed by atoms with Crippen LogP contribution < -0.4 is 5.32 Å². The lowest BCUT2D eigenvalue weighted by molar-refractivity contribution is 0.0115. The molecular formula is C18H23ClN2O2. The van der Waals surface area contributed by atoms with Crippen molar-refractivity contribution < 1.29 is 9.15 Å². The minimum absolute atomic E-state index is 0.236. The van der Waals surface area contributed by atoms with Gasteiger partial charge in [0.05, 0.1) is 19.3 Å². The normalized spacial score (nSPS) is 17.3. The van der Waals surface area contributed by atoms with E-state index in [0.29, 0.717) is 0 Å². The first kappa shape index (κ1) is 16.5. The molecule has 4 nitrogen and oxygen atoms in total. The van der Waals surface area contributed by atoms with E-state index < -0.39 is 0 Å². The standard InChI is InChI=1S/C18H23ClN2O2/c1-14-2-7-18(23-14)17(21-8-10-22-11-9-21)13-20-12-15-3-5-16(19)6-4-15/h2-7,17,20H,8-13H2,1H3. The van der Waals surface area contributed by atoms with E-state index >= 15 is 0 Å². The fourth-order valence-electron chi connectivity index (χ4n) is 2.89. The van der Waals surface area contributed by atoms with Crippen LogP contribution in [-0.2, 0) is 11.3 Å². The number of morpholine rings is 1. The van der Waals surface area contributed by atoms with Gasteiger partial charge >= 0.3 is 0 Å². The maximum Gasteiger partial charge on any atom is 0.122 e. The fourth-order valence-corrected chi connectivity index (χ4v) is 3.01. The smallest absolute Gasteiger partial charge is 0.122 e. The second kappa shape index (κ2) is 7.97. The van der Waals surface area contributed by atoms with Crippen LogP contribution in [0.3, 0.4) is 0 Å². The lowest BCUT2D eigenvalue weighted by Gasteiger charge is -2.33. The largest absolute Gasteiger partial charge is 0.465 e. The molecule has 0 aliphatic carbocycles. The van der Waals surface area contributed by atoms with Crippen LogP contribution in [0.15, 0.2) is 40.8 Å². The molecule has 1 aliphatic rings. The Hall–Kier alpha value is -1.33. The van der Waals surface area contributed by atoms with Gasteiger partial charge in [0.15, 0.2) is 0 Å². The minimum Gasteiger partial charge on any atom is -0.465 e. The van der Waals surface area contributed by atoms with Gasteiger partial charge in [0, 0.05) is 31.2 Å². The van der Waals surface area contributed by atoms with Crippen molar-refractivity contribution in [1.82, 2.24) is 10.2 Å². The van der Waals surface area contributed by atoms with Crippen molar-refractivity contribution in [1.29, 1.82) is 0 Å². The third-order valence-electron chi connectivity index (χ3n) is 4.16. The summed E-state index contributed by atoms with van der Waals surface area (Å²) in [7, 11) is 0. The van der Waals surface area contributed by atoms with Gasteiger partial charge in [0.2, 0.25) is 0 Å². The highest BCUT2D eigenvalue weighted by Crippen LogP contribution is 2.23. The average molecular weight is 335 g/mol. The number of ether oxygens (including phenoxy) is 1. The molecular weight excluding hydrogens is 312 g/mol. The topological polar surface area (TPSA) is 37.6 Å². The van der Waals surface area contributed by atoms with Gasteiger partial charge in [0.1, 0.15) is 11.5 Å². The lowest BCUT2D eigenvalue weighted by atomic mass is 10.1. The van der Waals surface area contributed by atoms with Crippen LogP contribution in [0.1, 0.15) is 23.1 Å². The van der Waals surface area contributed by atoms with Crippen molar-refractivity contribution >= 4 is 11.6 Å². The van der Waals surface area contributed by atoms with Crippen molar-refractivity contribution in [3.8, 4) is 0 Å². The van der Waals surface area contributed by atoms with Gasteiger partial charge < -0.3 is 14.5 Å². The summed E-state index contributed by atoms with van der Waals surface area (Å²) in [6.45, 7) is 7.09. The Morgan fingerprint density at radius 3 is 2.52 bits per heavy atom. The van der Waals surface area contributed by atoms with E-state index in [1.165, 1.54) is 5.56 Å². The molecule has 0 spiro atoms. The molecule has 3 rings (SSSR count). The van der Waals surface area contributed by atoms with Crippen LogP contribution in [0.25, 0.3) is 0 Å². The van der Waals surface area contributed by atoms with E-state index in [-0.39, 0.29) is 6.04 Å². The summed E-state index contributed by atoms with van der Waals surface area (Å²) in [5.41, 5.74) is 1.23. The molecule has 1 aliphatic heterocycles. The molecule has 1 aromatic carbocycles. The van der Waals surface area contributed by atoms with Crippen molar-refractivity contribution in [2.24, 2.45) is 0 Å². The number of aryl methyl sites for hydroxylation is 1. The Balaban J connectivity index is 1.62. The third-order valence-corrected chi connectivity index (χ3v) is 4.41. The van der Waals surface area contributed by atoms with Crippen LogP contribution in [-0.4, -0.2) is 37.7 Å². The molecule has 0 amide bonds. The average Bonchev–Trinajstić information content (AvgIpc) is 3.00. The molecule has 1 fully saturated rings. The van der Waals surface area contributed by atoms with Gasteiger partial charge in [0.25, 0.3) is 0 Å². The number of rotatable bonds is 6. The molecule has 1 aromatic heterocycles. The number of hydrogen-bond donors (Lipinski definition) is 1. The summed E-state index contributed by atoms with van der Waals surface area (Å²) >= 11 is 5.93. The number of nitrogens with zero attached hydrogens (tertiary/aromatic N) is 1. The summed E-state index contributed by atoms with van der Waals surface area (Å²) in [4.78, 5) is 2.43. The van der Waals surface area contributed by atoms with Crippen molar-refractivity contribution in [3.05, 3.63) is 58.5 Å². The van der Waals surface area contributed by atoms with Gasteiger partial charge in [-0.05, 0) is 36.8 Å². The van der Waals surface area contributed by atoms with E-state index in [9.17, 15) is 0 Å². The zero-order chi connectivity index (χ0) is 16.1. The molecule has 2 aromatic rings. The number of halogens is 1. The molecule has 0 saturated carbocycles. The SMILES string of the molecule is Cc1ccc(C(CNCc2ccc(Cl)cc2)N2CCOCC2)o1. The maximum atomic E-state index is 5.93. The van der Waals surface area contributed by atoms with Crippen molar-refractivity contribution in [3.63, 3.8) is 0 Å². The quantitative estimate of drug-likeness (QED) is 0.878. The first-order valence-electron chi connectivity index (χ1n) is 8.05. The Bertz CT molecular complexity index is 606. The van der Waals surface area contributed by atoms with Crippen molar-refractivity contribution in [2.45, 2.75) is 19.5 Å². The zero-order valence-electron chi connectivity index (χ0n) is 13.4. The molecule has 5 heteroatoms. The van der Waals surface area contributed by atoms with Crippen LogP contribution in [0.2, 0.25) is 5.02 Å². The van der Waals surface area contributed by atoms with Crippen molar-refractivity contribution in [2.75, 3.05) is 32.8 Å². The number of hydrogen-bond acceptors (Lipinski definition) is 4. The molecule has 124 valence electrons. The monoisotopic (exact) mass is 334 g/mol. The maximum absolute atomic E-state index is 5.93. The summed E-state index contributed by atoms with van der Waals surface area (Å²) in [6, 6.07) is 12.3. The van der Waals surface area contributed by atoms with Gasteiger partial charge in [-0.1, -0.05) is 23.7 Å². The third kappa shape index (κ3) is 4.58. The predicted molar refractivity (Wildman–Crippen MR) is 91.7 cm³/mol. The lowest BCUT2D eigenvalue weighted by Crippen LogP contribution is -2.42. The van der Waals surface area contributed by atoms with E-state index in [4.69, 9.17) is 20.8 Å². The van der Waals surface area contributed by atoms with Gasteiger partial charge in [-0.2, -0.15) is 0 Å². The number of nitrogens with one attached hydrogen (secondary N) is 1. The van der Waals surface area contributed by atoms with Crippen LogP contribution >= 0.6 is 11.6 Å². The fraction of sp³-hybridized carbons (Fsp3) is 0.444. The summed E-state index contributed by atoms with van der Waals surface area (Å²) in [5.74, 6) is 1.98. The molecule has 23 heavy (non-hydrogen) atoms. The van der Waals surface area contributed by atoms with E-state index in [1.807, 2.05) is 25.1 Å². The molecule has 0 radical (unpaired) electrons. The number of benzene rings is 1. The Kier molecular flexibility index (Phi) is 5.73. The van der Waals surface area contributed by atoms with Crippen LogP contribution in [0, 0.1) is 6.92 Å². The highest BCUT2D eigenvalue weighted by atomic mass is 35.5. The number of furan rings is 1.